The summed E-state index contributed by atoms with van der Waals surface area (Å²) in [5.74, 6) is 1.06. The van der Waals surface area contributed by atoms with Crippen LogP contribution < -0.4 is 4.90 Å². The van der Waals surface area contributed by atoms with E-state index in [-0.39, 0.29) is 0 Å². The van der Waals surface area contributed by atoms with Gasteiger partial charge in [0.05, 0.1) is 11.3 Å². The third kappa shape index (κ3) is 4.05. The third-order valence-corrected chi connectivity index (χ3v) is 5.31. The van der Waals surface area contributed by atoms with Crippen LogP contribution in [0.5, 0.6) is 0 Å². The molecule has 1 fully saturated rings. The third-order valence-electron chi connectivity index (χ3n) is 5.31. The number of aromatic nitrogens is 3. The van der Waals surface area contributed by atoms with Gasteiger partial charge in [-0.15, -0.1) is 0 Å². The van der Waals surface area contributed by atoms with Crippen LogP contribution in [0.3, 0.4) is 0 Å². The Kier molecular flexibility index (Phi) is 4.99. The number of hydrogen-bond acceptors (Lipinski definition) is 5. The van der Waals surface area contributed by atoms with Gasteiger partial charge >= 0.3 is 6.18 Å². The predicted molar refractivity (Wildman–Crippen MR) is 95.4 cm³/mol. The normalized spacial score (nSPS) is 18.4. The Bertz CT molecular complexity index is 783. The van der Waals surface area contributed by atoms with Crippen LogP contribution in [-0.2, 0) is 25.6 Å². The number of hydrogen-bond donors (Lipinski definition) is 0. The quantitative estimate of drug-likeness (QED) is 0.823. The molecule has 0 saturated carbocycles. The van der Waals surface area contributed by atoms with Crippen molar-refractivity contribution < 1.29 is 13.2 Å². The van der Waals surface area contributed by atoms with E-state index in [1.807, 2.05) is 0 Å². The lowest BCUT2D eigenvalue weighted by atomic mass is 9.96. The molecule has 0 N–H and O–H groups in total. The van der Waals surface area contributed by atoms with Gasteiger partial charge in [0.25, 0.3) is 0 Å². The Morgan fingerprint density at radius 2 is 1.70 bits per heavy atom. The largest absolute Gasteiger partial charge is 0.417 e. The zero-order valence-electron chi connectivity index (χ0n) is 15.0. The summed E-state index contributed by atoms with van der Waals surface area (Å²) in [6, 6.07) is 2.57. The maximum atomic E-state index is 12.6. The predicted octanol–water partition coefficient (Wildman–Crippen LogP) is 3.09. The van der Waals surface area contributed by atoms with Crippen LogP contribution in [0, 0.1) is 0 Å². The number of piperazine rings is 1. The average Bonchev–Trinajstić information content (AvgIpc) is 2.68. The molecule has 0 amide bonds. The highest BCUT2D eigenvalue weighted by molar-refractivity contribution is 5.50. The molecule has 4 rings (SSSR count). The lowest BCUT2D eigenvalue weighted by molar-refractivity contribution is -0.137. The van der Waals surface area contributed by atoms with E-state index in [9.17, 15) is 13.2 Å². The number of nitrogens with zero attached hydrogens (tertiary/aromatic N) is 5. The molecule has 0 aromatic carbocycles. The summed E-state index contributed by atoms with van der Waals surface area (Å²) in [7, 11) is 0. The van der Waals surface area contributed by atoms with Gasteiger partial charge < -0.3 is 4.90 Å². The van der Waals surface area contributed by atoms with Crippen molar-refractivity contribution in [2.75, 3.05) is 31.1 Å². The summed E-state index contributed by atoms with van der Waals surface area (Å²) in [5, 5.41) is 0. The molecule has 0 bridgehead atoms. The number of pyridine rings is 1. The van der Waals surface area contributed by atoms with Gasteiger partial charge in [0.15, 0.2) is 0 Å². The molecule has 0 atom stereocenters. The fourth-order valence-corrected chi connectivity index (χ4v) is 3.81. The van der Waals surface area contributed by atoms with E-state index in [4.69, 9.17) is 0 Å². The lowest BCUT2D eigenvalue weighted by Gasteiger charge is -2.36. The van der Waals surface area contributed by atoms with Crippen LogP contribution in [-0.4, -0.2) is 46.0 Å². The van der Waals surface area contributed by atoms with Crippen LogP contribution in [0.1, 0.15) is 35.4 Å². The van der Waals surface area contributed by atoms with E-state index >= 15 is 0 Å². The van der Waals surface area contributed by atoms with E-state index in [0.29, 0.717) is 12.2 Å². The molecule has 144 valence electrons. The number of anilines is 1. The first kappa shape index (κ1) is 18.2. The van der Waals surface area contributed by atoms with Gasteiger partial charge in [-0.2, -0.15) is 13.2 Å². The second-order valence-corrected chi connectivity index (χ2v) is 7.13. The first-order valence-electron chi connectivity index (χ1n) is 9.33. The topological polar surface area (TPSA) is 45.2 Å². The van der Waals surface area contributed by atoms with Gasteiger partial charge in [0, 0.05) is 50.2 Å². The maximum Gasteiger partial charge on any atom is 0.417 e. The minimum atomic E-state index is -4.34. The molecule has 27 heavy (non-hydrogen) atoms. The molecular weight excluding hydrogens is 355 g/mol. The summed E-state index contributed by atoms with van der Waals surface area (Å²) >= 11 is 0. The molecule has 1 saturated heterocycles. The van der Waals surface area contributed by atoms with Gasteiger partial charge in [-0.1, -0.05) is 0 Å². The van der Waals surface area contributed by atoms with Gasteiger partial charge in [0.2, 0.25) is 0 Å². The summed E-state index contributed by atoms with van der Waals surface area (Å²) in [6.07, 6.45) is 2.69. The van der Waals surface area contributed by atoms with E-state index in [2.05, 4.69) is 24.8 Å². The van der Waals surface area contributed by atoms with Gasteiger partial charge in [-0.25, -0.2) is 9.97 Å². The second-order valence-electron chi connectivity index (χ2n) is 7.13. The Balaban J connectivity index is 1.37. The first-order valence-corrected chi connectivity index (χ1v) is 9.33. The molecule has 0 radical (unpaired) electrons. The molecule has 3 heterocycles. The maximum absolute atomic E-state index is 12.6. The molecule has 5 nitrogen and oxygen atoms in total. The van der Waals surface area contributed by atoms with Crippen LogP contribution in [0.2, 0.25) is 0 Å². The van der Waals surface area contributed by atoms with E-state index < -0.39 is 11.7 Å². The van der Waals surface area contributed by atoms with Crippen molar-refractivity contribution >= 4 is 5.82 Å². The van der Waals surface area contributed by atoms with E-state index in [1.54, 1.807) is 6.33 Å². The zero-order chi connectivity index (χ0) is 18.9. The fraction of sp³-hybridized carbons (Fsp3) is 0.526. The number of halogens is 3. The molecule has 2 aliphatic rings. The van der Waals surface area contributed by atoms with Gasteiger partial charge in [-0.3, -0.25) is 9.88 Å². The smallest absolute Gasteiger partial charge is 0.354 e. The molecule has 8 heteroatoms. The van der Waals surface area contributed by atoms with Crippen LogP contribution in [0.15, 0.2) is 24.7 Å². The summed E-state index contributed by atoms with van der Waals surface area (Å²) in [6.45, 7) is 3.94. The van der Waals surface area contributed by atoms with Crippen molar-refractivity contribution in [3.8, 4) is 0 Å². The van der Waals surface area contributed by atoms with Crippen LogP contribution in [0.25, 0.3) is 0 Å². The van der Waals surface area contributed by atoms with Crippen molar-refractivity contribution in [1.29, 1.82) is 0 Å². The van der Waals surface area contributed by atoms with Crippen molar-refractivity contribution in [2.24, 2.45) is 0 Å². The Morgan fingerprint density at radius 1 is 0.926 bits per heavy atom. The molecule has 0 unspecified atom stereocenters. The average molecular weight is 377 g/mol. The van der Waals surface area contributed by atoms with Crippen molar-refractivity contribution in [2.45, 2.75) is 38.4 Å². The minimum Gasteiger partial charge on any atom is -0.354 e. The fourth-order valence-electron chi connectivity index (χ4n) is 3.81. The van der Waals surface area contributed by atoms with Crippen molar-refractivity contribution in [3.63, 3.8) is 0 Å². The Morgan fingerprint density at radius 3 is 2.41 bits per heavy atom. The number of fused-ring (bicyclic) bond motifs is 1. The molecule has 1 aliphatic carbocycles. The minimum absolute atomic E-state index is 0.563. The molecule has 0 spiro atoms. The second kappa shape index (κ2) is 7.42. The van der Waals surface area contributed by atoms with Gasteiger partial charge in [-0.05, 0) is 37.8 Å². The summed E-state index contributed by atoms with van der Waals surface area (Å²) in [4.78, 5) is 17.5. The molecule has 1 aliphatic heterocycles. The highest BCUT2D eigenvalue weighted by Crippen LogP contribution is 2.29. The molecular formula is C19H22F3N5. The SMILES string of the molecule is FC(F)(F)c1ccc(CN2CCN(c3ncnc4c3CCCC4)CC2)nc1. The molecule has 2 aromatic heterocycles. The highest BCUT2D eigenvalue weighted by Gasteiger charge is 2.30. The Labute approximate surface area is 156 Å². The molecule has 2 aromatic rings. The monoisotopic (exact) mass is 377 g/mol. The summed E-state index contributed by atoms with van der Waals surface area (Å²) in [5.41, 5.74) is 2.43. The van der Waals surface area contributed by atoms with Gasteiger partial charge in [0.1, 0.15) is 12.1 Å². The number of rotatable bonds is 3. The summed E-state index contributed by atoms with van der Waals surface area (Å²) < 4.78 is 37.9. The van der Waals surface area contributed by atoms with Crippen LogP contribution in [0.4, 0.5) is 19.0 Å². The standard InChI is InChI=1S/C19H22F3N5/c20-19(21,22)14-5-6-15(23-11-14)12-26-7-9-27(10-8-26)18-16-3-1-2-4-17(16)24-13-25-18/h5-6,11,13H,1-4,7-10,12H2. The lowest BCUT2D eigenvalue weighted by Crippen LogP contribution is -2.46. The van der Waals surface area contributed by atoms with E-state index in [1.165, 1.54) is 30.2 Å². The number of alkyl halides is 3. The van der Waals surface area contributed by atoms with E-state index in [0.717, 1.165) is 57.1 Å². The zero-order valence-corrected chi connectivity index (χ0v) is 15.0. The van der Waals surface area contributed by atoms with Crippen molar-refractivity contribution in [1.82, 2.24) is 19.9 Å². The first-order chi connectivity index (χ1) is 13.0. The Hall–Kier alpha value is -2.22. The van der Waals surface area contributed by atoms with Crippen molar-refractivity contribution in [3.05, 3.63) is 47.2 Å². The number of aryl methyl sites for hydroxylation is 1. The highest BCUT2D eigenvalue weighted by atomic mass is 19.4. The van der Waals surface area contributed by atoms with Crippen LogP contribution >= 0.6 is 0 Å².